The Kier molecular flexibility index (Phi) is 4.69. The lowest BCUT2D eigenvalue weighted by molar-refractivity contribution is -0.146. The second-order valence-electron chi connectivity index (χ2n) is 3.67. The van der Waals surface area contributed by atoms with E-state index in [-0.39, 0.29) is 18.6 Å². The molecule has 1 aromatic heterocycles. The molecule has 0 saturated heterocycles. The Morgan fingerprint density at radius 3 is 2.61 bits per heavy atom. The second-order valence-corrected chi connectivity index (χ2v) is 3.67. The molecule has 0 amide bonds. The third-order valence-corrected chi connectivity index (χ3v) is 2.51. The van der Waals surface area contributed by atoms with E-state index < -0.39 is 23.6 Å². The van der Waals surface area contributed by atoms with Crippen LogP contribution in [0.15, 0.2) is 18.5 Å². The number of pyridine rings is 1. The first kappa shape index (κ1) is 14.5. The topological polar surface area (TPSA) is 39.2 Å². The molecule has 3 nitrogen and oxygen atoms in total. The lowest BCUT2D eigenvalue weighted by Gasteiger charge is -2.18. The van der Waals surface area contributed by atoms with Gasteiger partial charge in [-0.05, 0) is 25.0 Å². The minimum absolute atomic E-state index is 0.133. The number of halogens is 3. The van der Waals surface area contributed by atoms with Gasteiger partial charge in [-0.3, -0.25) is 9.78 Å². The Morgan fingerprint density at radius 1 is 1.44 bits per heavy atom. The predicted octanol–water partition coefficient (Wildman–Crippen LogP) is 3.16. The number of hydrogen-bond donors (Lipinski definition) is 0. The van der Waals surface area contributed by atoms with Crippen LogP contribution in [0.1, 0.15) is 37.3 Å². The molecule has 0 bridgehead atoms. The molecule has 18 heavy (non-hydrogen) atoms. The van der Waals surface area contributed by atoms with Crippen LogP contribution in [0.25, 0.3) is 0 Å². The van der Waals surface area contributed by atoms with Gasteiger partial charge in [-0.1, -0.05) is 6.92 Å². The van der Waals surface area contributed by atoms with Gasteiger partial charge >= 0.3 is 12.1 Å². The van der Waals surface area contributed by atoms with Crippen molar-refractivity contribution < 1.29 is 22.7 Å². The van der Waals surface area contributed by atoms with Gasteiger partial charge in [0.2, 0.25) is 0 Å². The van der Waals surface area contributed by atoms with Crippen molar-refractivity contribution in [2.24, 2.45) is 0 Å². The molecule has 0 aliphatic heterocycles. The number of carbonyl (C=O) groups excluding carboxylic acids is 1. The molecule has 6 heteroatoms. The number of alkyl halides is 3. The van der Waals surface area contributed by atoms with Crippen LogP contribution in [0.3, 0.4) is 0 Å². The van der Waals surface area contributed by atoms with Gasteiger partial charge in [0.15, 0.2) is 0 Å². The summed E-state index contributed by atoms with van der Waals surface area (Å²) in [6, 6.07) is 0.872. The largest absolute Gasteiger partial charge is 0.466 e. The van der Waals surface area contributed by atoms with Gasteiger partial charge in [-0.15, -0.1) is 0 Å². The van der Waals surface area contributed by atoms with Gasteiger partial charge in [0.25, 0.3) is 0 Å². The predicted molar refractivity (Wildman–Crippen MR) is 58.9 cm³/mol. The summed E-state index contributed by atoms with van der Waals surface area (Å²) in [6.45, 7) is 3.38. The molecule has 1 aromatic rings. The molecule has 0 fully saturated rings. The molecule has 0 radical (unpaired) electrons. The third kappa shape index (κ3) is 3.21. The Labute approximate surface area is 103 Å². The van der Waals surface area contributed by atoms with Crippen molar-refractivity contribution in [2.75, 3.05) is 6.61 Å². The number of esters is 1. The average molecular weight is 261 g/mol. The van der Waals surface area contributed by atoms with E-state index in [0.29, 0.717) is 0 Å². The molecule has 1 unspecified atom stereocenters. The smallest absolute Gasteiger partial charge is 0.416 e. The van der Waals surface area contributed by atoms with Crippen molar-refractivity contribution in [1.82, 2.24) is 4.98 Å². The Hall–Kier alpha value is -1.59. The van der Waals surface area contributed by atoms with Crippen molar-refractivity contribution in [3.05, 3.63) is 29.6 Å². The van der Waals surface area contributed by atoms with E-state index in [1.165, 1.54) is 0 Å². The summed E-state index contributed by atoms with van der Waals surface area (Å²) in [7, 11) is 0. The van der Waals surface area contributed by atoms with E-state index in [4.69, 9.17) is 4.74 Å². The van der Waals surface area contributed by atoms with E-state index >= 15 is 0 Å². The van der Waals surface area contributed by atoms with Gasteiger partial charge in [0.1, 0.15) is 0 Å². The fraction of sp³-hybridized carbons (Fsp3) is 0.500. The summed E-state index contributed by atoms with van der Waals surface area (Å²) in [4.78, 5) is 15.3. The van der Waals surface area contributed by atoms with Gasteiger partial charge in [-0.2, -0.15) is 13.2 Å². The summed E-state index contributed by atoms with van der Waals surface area (Å²) >= 11 is 0. The monoisotopic (exact) mass is 261 g/mol. The molecule has 0 aliphatic rings. The van der Waals surface area contributed by atoms with Crippen LogP contribution in [-0.4, -0.2) is 17.6 Å². The van der Waals surface area contributed by atoms with E-state index in [1.807, 2.05) is 0 Å². The zero-order valence-electron chi connectivity index (χ0n) is 10.1. The molecule has 0 N–H and O–H groups in total. The highest BCUT2D eigenvalue weighted by Gasteiger charge is 2.36. The average Bonchev–Trinajstić information content (AvgIpc) is 2.29. The molecule has 0 spiro atoms. The number of hydrogen-bond acceptors (Lipinski definition) is 3. The van der Waals surface area contributed by atoms with Crippen LogP contribution in [0.2, 0.25) is 0 Å². The normalized spacial score (nSPS) is 13.2. The van der Waals surface area contributed by atoms with Crippen LogP contribution in [0, 0.1) is 0 Å². The lowest BCUT2D eigenvalue weighted by atomic mass is 9.93. The zero-order valence-corrected chi connectivity index (χ0v) is 10.1. The van der Waals surface area contributed by atoms with E-state index in [1.54, 1.807) is 13.8 Å². The maximum atomic E-state index is 12.8. The first-order chi connectivity index (χ1) is 8.41. The number of carbonyl (C=O) groups is 1. The summed E-state index contributed by atoms with van der Waals surface area (Å²) in [6.07, 6.45) is -2.14. The molecular formula is C12H14F3NO2. The lowest BCUT2D eigenvalue weighted by Crippen LogP contribution is -2.20. The Morgan fingerprint density at radius 2 is 2.11 bits per heavy atom. The highest BCUT2D eigenvalue weighted by Crippen LogP contribution is 2.36. The van der Waals surface area contributed by atoms with Crippen LogP contribution < -0.4 is 0 Å². The summed E-state index contributed by atoms with van der Waals surface area (Å²) in [5, 5.41) is 0. The molecule has 0 saturated carbocycles. The first-order valence-electron chi connectivity index (χ1n) is 5.59. The minimum atomic E-state index is -4.50. The maximum Gasteiger partial charge on any atom is 0.416 e. The van der Waals surface area contributed by atoms with Gasteiger partial charge in [0.05, 0.1) is 18.1 Å². The van der Waals surface area contributed by atoms with Crippen molar-refractivity contribution in [2.45, 2.75) is 32.4 Å². The van der Waals surface area contributed by atoms with Gasteiger partial charge < -0.3 is 4.74 Å². The van der Waals surface area contributed by atoms with E-state index in [0.717, 1.165) is 18.5 Å². The van der Waals surface area contributed by atoms with Crippen LogP contribution in [-0.2, 0) is 15.7 Å². The first-order valence-corrected chi connectivity index (χ1v) is 5.59. The van der Waals surface area contributed by atoms with Crippen molar-refractivity contribution in [1.29, 1.82) is 0 Å². The number of rotatable bonds is 4. The highest BCUT2D eigenvalue weighted by atomic mass is 19.4. The number of aromatic nitrogens is 1. The zero-order chi connectivity index (χ0) is 13.8. The quantitative estimate of drug-likeness (QED) is 0.781. The van der Waals surface area contributed by atoms with E-state index in [9.17, 15) is 18.0 Å². The van der Waals surface area contributed by atoms with Crippen LogP contribution >= 0.6 is 0 Å². The third-order valence-electron chi connectivity index (χ3n) is 2.51. The molecule has 100 valence electrons. The fourth-order valence-electron chi connectivity index (χ4n) is 1.70. The van der Waals surface area contributed by atoms with Crippen LogP contribution in [0.5, 0.6) is 0 Å². The Balaban J connectivity index is 3.18. The standard InChI is InChI=1S/C12H14F3NO2/c1-3-8(11(17)18-4-2)9-7-16-6-5-10(9)12(13,14)15/h5-8H,3-4H2,1-2H3. The molecule has 0 aliphatic carbocycles. The molecule has 0 aromatic carbocycles. The molecular weight excluding hydrogens is 247 g/mol. The summed E-state index contributed by atoms with van der Waals surface area (Å²) in [5.74, 6) is -1.59. The SMILES string of the molecule is CCOC(=O)C(CC)c1cnccc1C(F)(F)F. The summed E-state index contributed by atoms with van der Waals surface area (Å²) in [5.41, 5.74) is -0.969. The highest BCUT2D eigenvalue weighted by molar-refractivity contribution is 5.78. The molecule has 1 heterocycles. The van der Waals surface area contributed by atoms with E-state index in [2.05, 4.69) is 4.98 Å². The maximum absolute atomic E-state index is 12.8. The fourth-order valence-corrected chi connectivity index (χ4v) is 1.70. The number of nitrogens with zero attached hydrogens (tertiary/aromatic N) is 1. The summed E-state index contributed by atoms with van der Waals surface area (Å²) < 4.78 is 43.2. The Bertz CT molecular complexity index is 418. The number of ether oxygens (including phenoxy) is 1. The molecule has 1 atom stereocenters. The van der Waals surface area contributed by atoms with Crippen molar-refractivity contribution in [3.8, 4) is 0 Å². The van der Waals surface area contributed by atoms with Crippen molar-refractivity contribution in [3.63, 3.8) is 0 Å². The second kappa shape index (κ2) is 5.84. The van der Waals surface area contributed by atoms with Crippen molar-refractivity contribution >= 4 is 5.97 Å². The molecule has 1 rings (SSSR count). The minimum Gasteiger partial charge on any atom is -0.466 e. The van der Waals surface area contributed by atoms with Gasteiger partial charge in [-0.25, -0.2) is 0 Å². The van der Waals surface area contributed by atoms with Gasteiger partial charge in [0, 0.05) is 12.4 Å². The van der Waals surface area contributed by atoms with Crippen LogP contribution in [0.4, 0.5) is 13.2 Å².